The molecular formula is C7H8BrF2NS. The van der Waals surface area contributed by atoms with Crippen LogP contribution in [0.3, 0.4) is 0 Å². The molecule has 12 heavy (non-hydrogen) atoms. The van der Waals surface area contributed by atoms with Crippen LogP contribution in [0.1, 0.15) is 16.5 Å². The highest BCUT2D eigenvalue weighted by Crippen LogP contribution is 2.32. The van der Waals surface area contributed by atoms with Gasteiger partial charge in [-0.2, -0.15) is 0 Å². The Morgan fingerprint density at radius 1 is 1.58 bits per heavy atom. The van der Waals surface area contributed by atoms with Crippen molar-refractivity contribution in [2.75, 3.05) is 0 Å². The van der Waals surface area contributed by atoms with Crippen molar-refractivity contribution in [3.63, 3.8) is 0 Å². The molecule has 1 atom stereocenters. The molecule has 1 rings (SSSR count). The third-order valence-electron chi connectivity index (χ3n) is 1.48. The molecule has 0 spiro atoms. The van der Waals surface area contributed by atoms with E-state index in [9.17, 15) is 8.78 Å². The molecule has 1 aromatic rings. The SMILES string of the molecule is Cc1cc(C(N)C(F)F)sc1Br. The molecule has 68 valence electrons. The third kappa shape index (κ3) is 2.02. The highest BCUT2D eigenvalue weighted by atomic mass is 79.9. The van der Waals surface area contributed by atoms with E-state index in [0.717, 1.165) is 9.35 Å². The van der Waals surface area contributed by atoms with Crippen LogP contribution in [0.5, 0.6) is 0 Å². The minimum absolute atomic E-state index is 0.523. The molecule has 5 heteroatoms. The monoisotopic (exact) mass is 255 g/mol. The van der Waals surface area contributed by atoms with Gasteiger partial charge in [-0.1, -0.05) is 0 Å². The van der Waals surface area contributed by atoms with Crippen LogP contribution in [0, 0.1) is 6.92 Å². The maximum absolute atomic E-state index is 12.1. The van der Waals surface area contributed by atoms with Gasteiger partial charge in [-0.15, -0.1) is 11.3 Å². The topological polar surface area (TPSA) is 26.0 Å². The van der Waals surface area contributed by atoms with Crippen molar-refractivity contribution in [3.05, 3.63) is 20.3 Å². The predicted octanol–water partition coefficient (Wildman–Crippen LogP) is 3.08. The summed E-state index contributed by atoms with van der Waals surface area (Å²) in [4.78, 5) is 0.523. The van der Waals surface area contributed by atoms with Crippen molar-refractivity contribution in [1.82, 2.24) is 0 Å². The van der Waals surface area contributed by atoms with E-state index >= 15 is 0 Å². The molecule has 0 saturated carbocycles. The van der Waals surface area contributed by atoms with Crippen molar-refractivity contribution in [1.29, 1.82) is 0 Å². The Hall–Kier alpha value is -0.000000000000000111. The van der Waals surface area contributed by atoms with Crippen LogP contribution in [0.15, 0.2) is 9.85 Å². The Kier molecular flexibility index (Phi) is 3.20. The molecule has 2 N–H and O–H groups in total. The second-order valence-electron chi connectivity index (χ2n) is 2.47. The summed E-state index contributed by atoms with van der Waals surface area (Å²) in [6.07, 6.45) is -2.49. The average molecular weight is 256 g/mol. The van der Waals surface area contributed by atoms with Gasteiger partial charge in [-0.3, -0.25) is 0 Å². The molecule has 0 aliphatic carbocycles. The lowest BCUT2D eigenvalue weighted by atomic mass is 10.2. The van der Waals surface area contributed by atoms with Crippen LogP contribution in [-0.4, -0.2) is 6.43 Å². The van der Waals surface area contributed by atoms with Gasteiger partial charge >= 0.3 is 0 Å². The van der Waals surface area contributed by atoms with E-state index in [-0.39, 0.29) is 0 Å². The summed E-state index contributed by atoms with van der Waals surface area (Å²) < 4.78 is 25.1. The summed E-state index contributed by atoms with van der Waals surface area (Å²) in [6.45, 7) is 1.85. The number of hydrogen-bond acceptors (Lipinski definition) is 2. The van der Waals surface area contributed by atoms with Gasteiger partial charge in [0.1, 0.15) is 6.04 Å². The van der Waals surface area contributed by atoms with Crippen LogP contribution in [0.25, 0.3) is 0 Å². The fourth-order valence-electron chi connectivity index (χ4n) is 0.772. The molecule has 0 amide bonds. The molecule has 1 nitrogen and oxygen atoms in total. The number of rotatable bonds is 2. The van der Waals surface area contributed by atoms with Crippen molar-refractivity contribution >= 4 is 27.3 Å². The number of hydrogen-bond donors (Lipinski definition) is 1. The third-order valence-corrected chi connectivity index (χ3v) is 3.71. The van der Waals surface area contributed by atoms with E-state index in [1.807, 2.05) is 6.92 Å². The number of halogens is 3. The van der Waals surface area contributed by atoms with Crippen LogP contribution < -0.4 is 5.73 Å². The van der Waals surface area contributed by atoms with Crippen LogP contribution in [0.4, 0.5) is 8.78 Å². The number of nitrogens with two attached hydrogens (primary N) is 1. The van der Waals surface area contributed by atoms with Crippen LogP contribution >= 0.6 is 27.3 Å². The van der Waals surface area contributed by atoms with Gasteiger partial charge in [-0.05, 0) is 34.5 Å². The van der Waals surface area contributed by atoms with E-state index in [4.69, 9.17) is 5.73 Å². The average Bonchev–Trinajstić information content (AvgIpc) is 2.30. The summed E-state index contributed by atoms with van der Waals surface area (Å²) in [5.41, 5.74) is 6.21. The minimum Gasteiger partial charge on any atom is -0.319 e. The molecule has 0 radical (unpaired) electrons. The van der Waals surface area contributed by atoms with E-state index in [1.165, 1.54) is 11.3 Å². The van der Waals surface area contributed by atoms with Gasteiger partial charge in [-0.25, -0.2) is 8.78 Å². The molecule has 1 heterocycles. The highest BCUT2D eigenvalue weighted by Gasteiger charge is 2.19. The second kappa shape index (κ2) is 3.81. The molecule has 0 saturated heterocycles. The van der Waals surface area contributed by atoms with E-state index in [1.54, 1.807) is 6.07 Å². The van der Waals surface area contributed by atoms with Gasteiger partial charge in [0.25, 0.3) is 6.43 Å². The van der Waals surface area contributed by atoms with Gasteiger partial charge in [0, 0.05) is 4.88 Å². The summed E-state index contributed by atoms with van der Waals surface area (Å²) in [5, 5.41) is 0. The normalized spacial score (nSPS) is 13.8. The predicted molar refractivity (Wildman–Crippen MR) is 49.7 cm³/mol. The smallest absolute Gasteiger partial charge is 0.258 e. The Labute approximate surface area is 81.7 Å². The Morgan fingerprint density at radius 2 is 2.17 bits per heavy atom. The van der Waals surface area contributed by atoms with Gasteiger partial charge in [0.2, 0.25) is 0 Å². The molecule has 0 aliphatic heterocycles. The van der Waals surface area contributed by atoms with Crippen molar-refractivity contribution in [3.8, 4) is 0 Å². The molecule has 0 bridgehead atoms. The van der Waals surface area contributed by atoms with Crippen molar-refractivity contribution < 1.29 is 8.78 Å². The highest BCUT2D eigenvalue weighted by molar-refractivity contribution is 9.11. The lowest BCUT2D eigenvalue weighted by molar-refractivity contribution is 0.118. The second-order valence-corrected chi connectivity index (χ2v) is 4.87. The summed E-state index contributed by atoms with van der Waals surface area (Å²) in [7, 11) is 0. The van der Waals surface area contributed by atoms with Gasteiger partial charge < -0.3 is 5.73 Å². The number of aryl methyl sites for hydroxylation is 1. The minimum atomic E-state index is -2.49. The Morgan fingerprint density at radius 3 is 2.50 bits per heavy atom. The van der Waals surface area contributed by atoms with Gasteiger partial charge in [0.15, 0.2) is 0 Å². The zero-order chi connectivity index (χ0) is 9.30. The zero-order valence-corrected chi connectivity index (χ0v) is 8.75. The van der Waals surface area contributed by atoms with Crippen molar-refractivity contribution in [2.24, 2.45) is 5.73 Å². The Balaban J connectivity index is 2.89. The Bertz CT molecular complexity index is 255. The lowest BCUT2D eigenvalue weighted by Crippen LogP contribution is -2.17. The molecule has 0 fully saturated rings. The van der Waals surface area contributed by atoms with E-state index in [0.29, 0.717) is 4.88 Å². The molecule has 1 aromatic heterocycles. The summed E-state index contributed by atoms with van der Waals surface area (Å²) in [6, 6.07) is 0.533. The van der Waals surface area contributed by atoms with Crippen LogP contribution in [-0.2, 0) is 0 Å². The van der Waals surface area contributed by atoms with Gasteiger partial charge in [0.05, 0.1) is 3.79 Å². The fourth-order valence-corrected chi connectivity index (χ4v) is 2.35. The summed E-state index contributed by atoms with van der Waals surface area (Å²) in [5.74, 6) is 0. The number of alkyl halides is 2. The molecule has 0 aliphatic rings. The lowest BCUT2D eigenvalue weighted by Gasteiger charge is -2.06. The first-order valence-corrected chi connectivity index (χ1v) is 4.93. The standard InChI is InChI=1S/C7H8BrF2NS/c1-3-2-4(12-6(3)8)5(11)7(9)10/h2,5,7H,11H2,1H3. The maximum atomic E-state index is 12.1. The maximum Gasteiger partial charge on any atom is 0.258 e. The molecular weight excluding hydrogens is 248 g/mol. The first kappa shape index (κ1) is 10.1. The molecule has 0 aromatic carbocycles. The molecule has 1 unspecified atom stereocenters. The van der Waals surface area contributed by atoms with E-state index in [2.05, 4.69) is 15.9 Å². The largest absolute Gasteiger partial charge is 0.319 e. The summed E-state index contributed by atoms with van der Waals surface area (Å²) >= 11 is 4.51. The zero-order valence-electron chi connectivity index (χ0n) is 6.35. The fraction of sp³-hybridized carbons (Fsp3) is 0.429. The number of thiophene rings is 1. The van der Waals surface area contributed by atoms with Crippen molar-refractivity contribution in [2.45, 2.75) is 19.4 Å². The first-order valence-electron chi connectivity index (χ1n) is 3.32. The van der Waals surface area contributed by atoms with Crippen LogP contribution in [0.2, 0.25) is 0 Å². The first-order chi connectivity index (χ1) is 5.52. The van der Waals surface area contributed by atoms with E-state index < -0.39 is 12.5 Å². The quantitative estimate of drug-likeness (QED) is 0.864.